The average Bonchev–Trinajstić information content (AvgIpc) is 2.76. The van der Waals surface area contributed by atoms with Gasteiger partial charge in [-0.05, 0) is 41.6 Å². The molecule has 90 valence electrons. The summed E-state index contributed by atoms with van der Waals surface area (Å²) in [6.45, 7) is 1.89. The van der Waals surface area contributed by atoms with Gasteiger partial charge in [0.1, 0.15) is 5.92 Å². The number of hydrogen-bond acceptors (Lipinski definition) is 3. The highest BCUT2D eigenvalue weighted by molar-refractivity contribution is 9.10. The Morgan fingerprint density at radius 1 is 1.44 bits per heavy atom. The molecular formula is C14H10BrNOS. The van der Waals surface area contributed by atoms with E-state index in [-0.39, 0.29) is 5.78 Å². The van der Waals surface area contributed by atoms with Gasteiger partial charge < -0.3 is 0 Å². The maximum absolute atomic E-state index is 12.3. The number of ketones is 1. The second kappa shape index (κ2) is 5.47. The van der Waals surface area contributed by atoms with E-state index in [0.717, 1.165) is 15.6 Å². The first-order valence-electron chi connectivity index (χ1n) is 5.37. The molecule has 0 bridgehead atoms. The van der Waals surface area contributed by atoms with Crippen molar-refractivity contribution in [3.8, 4) is 6.07 Å². The Hall–Kier alpha value is -1.44. The van der Waals surface area contributed by atoms with Crippen molar-refractivity contribution in [1.29, 1.82) is 5.26 Å². The van der Waals surface area contributed by atoms with E-state index in [1.54, 1.807) is 6.07 Å². The molecule has 0 aliphatic heterocycles. The molecule has 1 aromatic heterocycles. The van der Waals surface area contributed by atoms with Gasteiger partial charge >= 0.3 is 0 Å². The lowest BCUT2D eigenvalue weighted by Gasteiger charge is -2.08. The molecule has 2 rings (SSSR count). The third kappa shape index (κ3) is 2.53. The molecular weight excluding hydrogens is 310 g/mol. The first kappa shape index (κ1) is 13.0. The minimum Gasteiger partial charge on any atom is -0.291 e. The number of thiophene rings is 1. The lowest BCUT2D eigenvalue weighted by molar-refractivity contribution is 0.0982. The van der Waals surface area contributed by atoms with Gasteiger partial charge in [-0.3, -0.25) is 4.79 Å². The first-order chi connectivity index (χ1) is 8.63. The number of carbonyl (C=O) groups excluding carboxylic acids is 1. The van der Waals surface area contributed by atoms with E-state index >= 15 is 0 Å². The summed E-state index contributed by atoms with van der Waals surface area (Å²) in [5.41, 5.74) is 1.66. The molecule has 1 aromatic carbocycles. The summed E-state index contributed by atoms with van der Waals surface area (Å²) in [5.74, 6) is -0.858. The van der Waals surface area contributed by atoms with Crippen molar-refractivity contribution < 1.29 is 4.79 Å². The second-order valence-electron chi connectivity index (χ2n) is 3.91. The Labute approximate surface area is 118 Å². The smallest absolute Gasteiger partial charge is 0.194 e. The summed E-state index contributed by atoms with van der Waals surface area (Å²) in [5, 5.41) is 11.1. The molecule has 18 heavy (non-hydrogen) atoms. The van der Waals surface area contributed by atoms with Crippen LogP contribution in [0.1, 0.15) is 26.7 Å². The molecule has 4 heteroatoms. The van der Waals surface area contributed by atoms with Crippen molar-refractivity contribution in [3.63, 3.8) is 0 Å². The van der Waals surface area contributed by atoms with Crippen molar-refractivity contribution in [2.24, 2.45) is 0 Å². The standard InChI is InChI=1S/C14H10BrNOS/c1-9-5-6-18-14(9)13(17)12(8-16)10-3-2-4-11(15)7-10/h2-7,12H,1H3. The summed E-state index contributed by atoms with van der Waals surface area (Å²) < 4.78 is 0.871. The van der Waals surface area contributed by atoms with E-state index in [1.165, 1.54) is 11.3 Å². The minimum atomic E-state index is -0.736. The van der Waals surface area contributed by atoms with Crippen LogP contribution >= 0.6 is 27.3 Å². The fraction of sp³-hybridized carbons (Fsp3) is 0.143. The monoisotopic (exact) mass is 319 g/mol. The molecule has 0 fully saturated rings. The van der Waals surface area contributed by atoms with Crippen LogP contribution in [0.4, 0.5) is 0 Å². The highest BCUT2D eigenvalue weighted by Crippen LogP contribution is 2.27. The Kier molecular flexibility index (Phi) is 3.95. The lowest BCUT2D eigenvalue weighted by Crippen LogP contribution is -2.10. The van der Waals surface area contributed by atoms with Crippen LogP contribution in [-0.2, 0) is 0 Å². The topological polar surface area (TPSA) is 40.9 Å². The first-order valence-corrected chi connectivity index (χ1v) is 7.04. The molecule has 0 radical (unpaired) electrons. The highest BCUT2D eigenvalue weighted by atomic mass is 79.9. The Morgan fingerprint density at radius 3 is 2.78 bits per heavy atom. The second-order valence-corrected chi connectivity index (χ2v) is 5.75. The zero-order valence-corrected chi connectivity index (χ0v) is 12.1. The van der Waals surface area contributed by atoms with Gasteiger partial charge in [0.05, 0.1) is 10.9 Å². The fourth-order valence-electron chi connectivity index (χ4n) is 1.73. The number of rotatable bonds is 3. The predicted molar refractivity (Wildman–Crippen MR) is 75.9 cm³/mol. The van der Waals surface area contributed by atoms with Gasteiger partial charge in [0.25, 0.3) is 0 Å². The number of halogens is 1. The predicted octanol–water partition coefficient (Wildman–Crippen LogP) is 4.31. The van der Waals surface area contributed by atoms with E-state index < -0.39 is 5.92 Å². The molecule has 2 nitrogen and oxygen atoms in total. The van der Waals surface area contributed by atoms with Gasteiger partial charge in [-0.2, -0.15) is 5.26 Å². The van der Waals surface area contributed by atoms with Crippen LogP contribution in [-0.4, -0.2) is 5.78 Å². The number of nitrogens with zero attached hydrogens (tertiary/aromatic N) is 1. The zero-order valence-electron chi connectivity index (χ0n) is 9.68. The van der Waals surface area contributed by atoms with Crippen molar-refractivity contribution in [2.45, 2.75) is 12.8 Å². The molecule has 1 unspecified atom stereocenters. The normalized spacial score (nSPS) is 11.8. The summed E-state index contributed by atoms with van der Waals surface area (Å²) in [6.07, 6.45) is 0. The van der Waals surface area contributed by atoms with Crippen LogP contribution in [0.2, 0.25) is 0 Å². The number of hydrogen-bond donors (Lipinski definition) is 0. The number of nitriles is 1. The zero-order chi connectivity index (χ0) is 13.1. The molecule has 0 saturated heterocycles. The van der Waals surface area contributed by atoms with E-state index in [2.05, 4.69) is 22.0 Å². The minimum absolute atomic E-state index is 0.122. The van der Waals surface area contributed by atoms with Gasteiger partial charge in [-0.15, -0.1) is 11.3 Å². The maximum Gasteiger partial charge on any atom is 0.194 e. The summed E-state index contributed by atoms with van der Waals surface area (Å²) in [6, 6.07) is 11.3. The van der Waals surface area contributed by atoms with Gasteiger partial charge in [0.15, 0.2) is 5.78 Å². The number of carbonyl (C=O) groups is 1. The van der Waals surface area contributed by atoms with Crippen LogP contribution in [0.3, 0.4) is 0 Å². The van der Waals surface area contributed by atoms with Crippen LogP contribution < -0.4 is 0 Å². The molecule has 0 saturated carbocycles. The third-order valence-corrected chi connectivity index (χ3v) is 4.18. The van der Waals surface area contributed by atoms with Gasteiger partial charge in [0.2, 0.25) is 0 Å². The molecule has 0 aliphatic rings. The van der Waals surface area contributed by atoms with E-state index in [4.69, 9.17) is 0 Å². The molecule has 1 atom stereocenters. The van der Waals surface area contributed by atoms with E-state index in [9.17, 15) is 10.1 Å². The Balaban J connectivity index is 2.39. The van der Waals surface area contributed by atoms with Crippen molar-refractivity contribution in [3.05, 3.63) is 56.2 Å². The van der Waals surface area contributed by atoms with Crippen LogP contribution in [0.5, 0.6) is 0 Å². The highest BCUT2D eigenvalue weighted by Gasteiger charge is 2.24. The van der Waals surface area contributed by atoms with Crippen molar-refractivity contribution in [2.75, 3.05) is 0 Å². The van der Waals surface area contributed by atoms with Crippen LogP contribution in [0.25, 0.3) is 0 Å². The van der Waals surface area contributed by atoms with E-state index in [0.29, 0.717) is 4.88 Å². The number of aryl methyl sites for hydroxylation is 1. The Morgan fingerprint density at radius 2 is 2.22 bits per heavy atom. The van der Waals surface area contributed by atoms with Crippen LogP contribution in [0.15, 0.2) is 40.2 Å². The van der Waals surface area contributed by atoms with Crippen molar-refractivity contribution in [1.82, 2.24) is 0 Å². The summed E-state index contributed by atoms with van der Waals surface area (Å²) in [4.78, 5) is 13.0. The molecule has 0 N–H and O–H groups in total. The summed E-state index contributed by atoms with van der Waals surface area (Å²) in [7, 11) is 0. The largest absolute Gasteiger partial charge is 0.291 e. The number of benzene rings is 1. The SMILES string of the molecule is Cc1ccsc1C(=O)C(C#N)c1cccc(Br)c1. The molecule has 2 aromatic rings. The van der Waals surface area contributed by atoms with Gasteiger partial charge in [-0.1, -0.05) is 28.1 Å². The fourth-order valence-corrected chi connectivity index (χ4v) is 3.04. The lowest BCUT2D eigenvalue weighted by atomic mass is 9.94. The molecule has 1 heterocycles. The van der Waals surface area contributed by atoms with Crippen LogP contribution in [0, 0.1) is 18.3 Å². The number of Topliss-reactive ketones (excluding diaryl/α,β-unsaturated/α-hetero) is 1. The quantitative estimate of drug-likeness (QED) is 0.791. The van der Waals surface area contributed by atoms with Crippen molar-refractivity contribution >= 4 is 33.0 Å². The Bertz CT molecular complexity index is 627. The maximum atomic E-state index is 12.3. The molecule has 0 amide bonds. The third-order valence-electron chi connectivity index (χ3n) is 2.66. The van der Waals surface area contributed by atoms with Gasteiger partial charge in [0, 0.05) is 4.47 Å². The summed E-state index contributed by atoms with van der Waals surface area (Å²) >= 11 is 4.74. The van der Waals surface area contributed by atoms with E-state index in [1.807, 2.05) is 36.6 Å². The van der Waals surface area contributed by atoms with Gasteiger partial charge in [-0.25, -0.2) is 0 Å². The molecule has 0 spiro atoms. The average molecular weight is 320 g/mol. The molecule has 0 aliphatic carbocycles.